The van der Waals surface area contributed by atoms with Gasteiger partial charge in [0.05, 0.1) is 11.4 Å². The number of hydrogen-bond acceptors (Lipinski definition) is 3. The highest BCUT2D eigenvalue weighted by Crippen LogP contribution is 2.33. The Morgan fingerprint density at radius 1 is 1.32 bits per heavy atom. The maximum absolute atomic E-state index is 13.4. The van der Waals surface area contributed by atoms with Crippen molar-refractivity contribution in [3.63, 3.8) is 0 Å². The summed E-state index contributed by atoms with van der Waals surface area (Å²) in [5.41, 5.74) is 1.62. The third-order valence-corrected chi connectivity index (χ3v) is 4.18. The Balaban J connectivity index is 0.00000121. The molecule has 1 aromatic rings. The zero-order chi connectivity index (χ0) is 14.1. The highest BCUT2D eigenvalue weighted by molar-refractivity contribution is 5.98. The lowest BCUT2D eigenvalue weighted by atomic mass is 10.1. The van der Waals surface area contributed by atoms with Crippen molar-refractivity contribution in [3.05, 3.63) is 24.0 Å². The van der Waals surface area contributed by atoms with Crippen LogP contribution >= 0.6 is 24.8 Å². The minimum Gasteiger partial charge on any atom is -0.371 e. The van der Waals surface area contributed by atoms with Crippen LogP contribution in [0.3, 0.4) is 0 Å². The summed E-state index contributed by atoms with van der Waals surface area (Å²) in [6.07, 6.45) is 2.73. The van der Waals surface area contributed by atoms with E-state index in [2.05, 4.69) is 5.32 Å². The smallest absolute Gasteiger partial charge is 0.228 e. The van der Waals surface area contributed by atoms with Gasteiger partial charge in [0, 0.05) is 32.6 Å². The van der Waals surface area contributed by atoms with Gasteiger partial charge in [0.1, 0.15) is 5.82 Å². The minimum atomic E-state index is -0.262. The van der Waals surface area contributed by atoms with Crippen molar-refractivity contribution in [2.75, 3.05) is 36.5 Å². The maximum Gasteiger partial charge on any atom is 0.228 e. The molecule has 2 heterocycles. The quantitative estimate of drug-likeness (QED) is 0.891. The molecule has 1 atom stereocenters. The van der Waals surface area contributed by atoms with E-state index in [-0.39, 0.29) is 36.5 Å². The number of likely N-dealkylation sites (N-methyl/N-ethyl adjacent to an activating group) is 1. The molecule has 4 nitrogen and oxygen atoms in total. The number of halogens is 3. The van der Waals surface area contributed by atoms with Crippen LogP contribution in [0.5, 0.6) is 0 Å². The zero-order valence-corrected chi connectivity index (χ0v) is 14.2. The molecule has 22 heavy (non-hydrogen) atoms. The number of carbonyl (C=O) groups excluding carboxylic acids is 1. The molecular formula is C15H22Cl2FN3O. The van der Waals surface area contributed by atoms with Crippen LogP contribution in [-0.2, 0) is 4.79 Å². The Morgan fingerprint density at radius 3 is 2.77 bits per heavy atom. The van der Waals surface area contributed by atoms with Crippen molar-refractivity contribution in [2.45, 2.75) is 25.3 Å². The summed E-state index contributed by atoms with van der Waals surface area (Å²) in [6, 6.07) is 4.93. The fourth-order valence-corrected chi connectivity index (χ4v) is 3.03. The number of rotatable bonds is 2. The molecule has 0 spiro atoms. The molecule has 2 aliphatic rings. The average molecular weight is 350 g/mol. The van der Waals surface area contributed by atoms with Crippen LogP contribution in [0.25, 0.3) is 0 Å². The first-order valence-corrected chi connectivity index (χ1v) is 7.19. The van der Waals surface area contributed by atoms with E-state index in [1.807, 2.05) is 11.9 Å². The number of hydrogen-bond donors (Lipinski definition) is 1. The van der Waals surface area contributed by atoms with E-state index < -0.39 is 0 Å². The maximum atomic E-state index is 13.4. The second kappa shape index (κ2) is 7.99. The molecule has 0 saturated carbocycles. The van der Waals surface area contributed by atoms with Gasteiger partial charge in [0.2, 0.25) is 5.91 Å². The van der Waals surface area contributed by atoms with E-state index in [1.165, 1.54) is 12.1 Å². The normalized spacial score (nSPS) is 20.0. The second-order valence-electron chi connectivity index (χ2n) is 5.60. The minimum absolute atomic E-state index is 0. The largest absolute Gasteiger partial charge is 0.371 e. The first kappa shape index (κ1) is 19.0. The number of benzene rings is 1. The van der Waals surface area contributed by atoms with Gasteiger partial charge in [-0.2, -0.15) is 0 Å². The Hall–Kier alpha value is -1.04. The lowest BCUT2D eigenvalue weighted by Gasteiger charge is -2.36. The third-order valence-electron chi connectivity index (χ3n) is 4.18. The molecule has 1 fully saturated rings. The summed E-state index contributed by atoms with van der Waals surface area (Å²) in [5.74, 6) is -0.132. The fraction of sp³-hybridized carbons (Fsp3) is 0.533. The van der Waals surface area contributed by atoms with Gasteiger partial charge in [-0.25, -0.2) is 4.39 Å². The van der Waals surface area contributed by atoms with Crippen LogP contribution in [-0.4, -0.2) is 38.6 Å². The molecule has 3 rings (SSSR count). The van der Waals surface area contributed by atoms with Gasteiger partial charge in [-0.3, -0.25) is 4.79 Å². The average Bonchev–Trinajstić information content (AvgIpc) is 2.92. The van der Waals surface area contributed by atoms with Crippen LogP contribution in [0.2, 0.25) is 0 Å². The number of nitrogens with zero attached hydrogens (tertiary/aromatic N) is 2. The number of carbonyl (C=O) groups is 1. The van der Waals surface area contributed by atoms with E-state index in [0.717, 1.165) is 37.3 Å². The number of fused-ring (bicyclic) bond motifs is 1. The Kier molecular flexibility index (Phi) is 6.91. The van der Waals surface area contributed by atoms with Gasteiger partial charge < -0.3 is 15.1 Å². The van der Waals surface area contributed by atoms with E-state index >= 15 is 0 Å². The van der Waals surface area contributed by atoms with E-state index in [9.17, 15) is 9.18 Å². The highest BCUT2D eigenvalue weighted by Gasteiger charge is 2.27. The summed E-state index contributed by atoms with van der Waals surface area (Å²) in [7, 11) is 1.93. The van der Waals surface area contributed by atoms with Crippen LogP contribution in [0.15, 0.2) is 18.2 Å². The predicted octanol–water partition coefficient (Wildman–Crippen LogP) is 2.59. The molecule has 0 bridgehead atoms. The molecule has 1 aromatic carbocycles. The van der Waals surface area contributed by atoms with Gasteiger partial charge in [-0.1, -0.05) is 0 Å². The van der Waals surface area contributed by atoms with E-state index in [4.69, 9.17) is 0 Å². The zero-order valence-electron chi connectivity index (χ0n) is 12.5. The molecule has 0 aliphatic carbocycles. The molecule has 1 saturated heterocycles. The van der Waals surface area contributed by atoms with Crippen LogP contribution in [0, 0.1) is 5.82 Å². The van der Waals surface area contributed by atoms with Crippen molar-refractivity contribution < 1.29 is 9.18 Å². The van der Waals surface area contributed by atoms with Gasteiger partial charge in [-0.15, -0.1) is 24.8 Å². The van der Waals surface area contributed by atoms with Crippen molar-refractivity contribution in [1.29, 1.82) is 0 Å². The van der Waals surface area contributed by atoms with Gasteiger partial charge in [0.15, 0.2) is 0 Å². The topological polar surface area (TPSA) is 35.6 Å². The number of anilines is 2. The number of amides is 1. The molecule has 2 aliphatic heterocycles. The van der Waals surface area contributed by atoms with Crippen LogP contribution in [0.4, 0.5) is 15.8 Å². The van der Waals surface area contributed by atoms with Crippen molar-refractivity contribution >= 4 is 42.1 Å². The predicted molar refractivity (Wildman–Crippen MR) is 92.2 cm³/mol. The third kappa shape index (κ3) is 3.83. The molecule has 124 valence electrons. The first-order chi connectivity index (χ1) is 9.65. The molecule has 0 radical (unpaired) electrons. The summed E-state index contributed by atoms with van der Waals surface area (Å²) in [6.45, 7) is 2.41. The Labute approximate surface area is 142 Å². The standard InChI is InChI=1S/C15H20FN3O.2ClH/c1-18-7-8-19(13-5-4-11(16)9-14(13)18)15(20)10-12-3-2-6-17-12;;/h4-5,9,12,17H,2-3,6-8,10H2,1H3;2*1H. The van der Waals surface area contributed by atoms with Crippen LogP contribution in [0.1, 0.15) is 19.3 Å². The lowest BCUT2D eigenvalue weighted by Crippen LogP contribution is -2.44. The van der Waals surface area contributed by atoms with Gasteiger partial charge in [-0.05, 0) is 37.6 Å². The summed E-state index contributed by atoms with van der Waals surface area (Å²) < 4.78 is 13.4. The first-order valence-electron chi connectivity index (χ1n) is 7.19. The van der Waals surface area contributed by atoms with E-state index in [0.29, 0.717) is 19.0 Å². The molecule has 1 amide bonds. The lowest BCUT2D eigenvalue weighted by molar-refractivity contribution is -0.119. The van der Waals surface area contributed by atoms with Gasteiger partial charge >= 0.3 is 0 Å². The van der Waals surface area contributed by atoms with Crippen molar-refractivity contribution in [1.82, 2.24) is 5.32 Å². The van der Waals surface area contributed by atoms with Gasteiger partial charge in [0.25, 0.3) is 0 Å². The van der Waals surface area contributed by atoms with Crippen molar-refractivity contribution in [3.8, 4) is 0 Å². The monoisotopic (exact) mass is 349 g/mol. The summed E-state index contributed by atoms with van der Waals surface area (Å²) in [4.78, 5) is 16.3. The molecule has 0 aromatic heterocycles. The Morgan fingerprint density at radius 2 is 2.09 bits per heavy atom. The van der Waals surface area contributed by atoms with Crippen LogP contribution < -0.4 is 15.1 Å². The Bertz CT molecular complexity index is 524. The second-order valence-corrected chi connectivity index (χ2v) is 5.60. The highest BCUT2D eigenvalue weighted by atomic mass is 35.5. The number of nitrogens with one attached hydrogen (secondary N) is 1. The summed E-state index contributed by atoms with van der Waals surface area (Å²) in [5, 5.41) is 3.35. The molecular weight excluding hydrogens is 328 g/mol. The molecule has 1 N–H and O–H groups in total. The molecule has 1 unspecified atom stereocenters. The van der Waals surface area contributed by atoms with Crippen molar-refractivity contribution in [2.24, 2.45) is 0 Å². The molecule has 7 heteroatoms. The SMILES string of the molecule is CN1CCN(C(=O)CC2CCCN2)c2ccc(F)cc21.Cl.Cl. The fourth-order valence-electron chi connectivity index (χ4n) is 3.03. The summed E-state index contributed by atoms with van der Waals surface area (Å²) >= 11 is 0. The van der Waals surface area contributed by atoms with E-state index in [1.54, 1.807) is 11.0 Å².